The number of benzene rings is 4. The van der Waals surface area contributed by atoms with E-state index >= 15 is 28.8 Å². The van der Waals surface area contributed by atoms with E-state index in [0.717, 1.165) is 11.8 Å². The minimum atomic E-state index is -1.86. The Morgan fingerprint density at radius 3 is 1.28 bits per heavy atom. The summed E-state index contributed by atoms with van der Waals surface area (Å²) in [6, 6.07) is 10.0. The molecule has 6 aromatic rings. The molecule has 0 bridgehead atoms. The molecule has 0 spiro atoms. The molecule has 0 radical (unpaired) electrons. The number of carbonyl (C=O) groups is 16. The number of aliphatic hydroxyl groups excluding tert-OH is 1. The first-order chi connectivity index (χ1) is 65.5. The monoisotopic (exact) mass is 1940 g/mol. The van der Waals surface area contributed by atoms with Gasteiger partial charge >= 0.3 is 0 Å². The van der Waals surface area contributed by atoms with Gasteiger partial charge in [0.05, 0.1) is 19.3 Å². The van der Waals surface area contributed by atoms with Gasteiger partial charge in [0, 0.05) is 98.6 Å². The molecule has 2 heterocycles. The number of aliphatic hydroxyl groups is 1. The number of fused-ring (bicyclic) bond motifs is 2. The smallest absolute Gasteiger partial charge is 0.246 e. The molecular formula is C90H132N26O19S2. The Balaban J connectivity index is 1.28. The Bertz CT molecular complexity index is 5030. The van der Waals surface area contributed by atoms with Crippen molar-refractivity contribution in [2.45, 2.75) is 202 Å². The highest BCUT2D eigenvalue weighted by Crippen LogP contribution is 2.23. The lowest BCUT2D eigenvalue weighted by Crippen LogP contribution is -2.62. The summed E-state index contributed by atoms with van der Waals surface area (Å²) in [6.07, 6.45) is 4.67. The third kappa shape index (κ3) is 40.4. The number of H-pyrrole nitrogens is 2. The van der Waals surface area contributed by atoms with Crippen LogP contribution in [0.3, 0.4) is 0 Å². The number of carbonyl (C=O) groups excluding carboxylic acids is 16. The molecule has 0 saturated carbocycles. The fourth-order valence-corrected chi connectivity index (χ4v) is 15.5. The number of rotatable bonds is 64. The Labute approximate surface area is 801 Å². The molecule has 748 valence electrons. The summed E-state index contributed by atoms with van der Waals surface area (Å²) < 4.78 is 5.38. The van der Waals surface area contributed by atoms with Crippen LogP contribution in [0.4, 0.5) is 0 Å². The van der Waals surface area contributed by atoms with Crippen molar-refractivity contribution in [2.24, 2.45) is 34.4 Å². The van der Waals surface area contributed by atoms with E-state index in [2.05, 4.69) is 95.0 Å². The molecule has 0 fully saturated rings. The van der Waals surface area contributed by atoms with E-state index in [1.54, 1.807) is 104 Å². The van der Waals surface area contributed by atoms with Crippen molar-refractivity contribution in [3.8, 4) is 5.75 Å². The summed E-state index contributed by atoms with van der Waals surface area (Å²) in [5.41, 5.74) is 36.8. The Hall–Kier alpha value is -13.6. The first-order valence-electron chi connectivity index (χ1n) is 45.0. The molecule has 34 N–H and O–H groups in total. The molecule has 6 rings (SSSR count). The summed E-state index contributed by atoms with van der Waals surface area (Å²) >= 11 is 2.46. The van der Waals surface area contributed by atoms with Crippen LogP contribution in [0.2, 0.25) is 0 Å². The quantitative estimate of drug-likeness (QED) is 0.00977. The molecular weight excluding hydrogens is 1810 g/mol. The third-order valence-corrected chi connectivity index (χ3v) is 23.0. The largest absolute Gasteiger partial charge is 0.508 e. The summed E-state index contributed by atoms with van der Waals surface area (Å²) in [4.78, 5) is 232. The highest BCUT2D eigenvalue weighted by Gasteiger charge is 2.39. The Kier molecular flexibility index (Phi) is 49.1. The minimum absolute atomic E-state index is 0.00743. The van der Waals surface area contributed by atoms with Gasteiger partial charge in [-0.3, -0.25) is 87.5 Å². The topological polar surface area (TPSA) is 751 Å². The van der Waals surface area contributed by atoms with Crippen LogP contribution in [-0.2, 0) is 107 Å². The minimum Gasteiger partial charge on any atom is -0.508 e. The van der Waals surface area contributed by atoms with Crippen molar-refractivity contribution in [3.05, 3.63) is 138 Å². The molecule has 45 nitrogen and oxygen atoms in total. The van der Waals surface area contributed by atoms with Crippen molar-refractivity contribution in [2.75, 3.05) is 76.5 Å². The second-order valence-corrected chi connectivity index (χ2v) is 34.5. The predicted molar refractivity (Wildman–Crippen MR) is 516 cm³/mol. The van der Waals surface area contributed by atoms with Crippen molar-refractivity contribution < 1.29 is 91.7 Å². The number of phenols is 1. The number of thioether (sulfide) groups is 2. The van der Waals surface area contributed by atoms with Crippen molar-refractivity contribution >= 4 is 152 Å². The van der Waals surface area contributed by atoms with Gasteiger partial charge in [-0.05, 0) is 162 Å². The third-order valence-electron chi connectivity index (χ3n) is 21.7. The van der Waals surface area contributed by atoms with Gasteiger partial charge in [-0.2, -0.15) is 23.5 Å². The lowest BCUT2D eigenvalue weighted by Gasteiger charge is -2.29. The first kappa shape index (κ1) is 112. The summed E-state index contributed by atoms with van der Waals surface area (Å²) in [7, 11) is 0. The van der Waals surface area contributed by atoms with Crippen LogP contribution in [0.1, 0.15) is 120 Å². The number of unbranched alkanes of at least 4 members (excludes halogenated alkanes) is 2. The molecule has 0 saturated heterocycles. The van der Waals surface area contributed by atoms with E-state index in [1.807, 2.05) is 0 Å². The molecule has 0 aliphatic rings. The van der Waals surface area contributed by atoms with Crippen molar-refractivity contribution in [3.63, 3.8) is 0 Å². The summed E-state index contributed by atoms with van der Waals surface area (Å²) in [5.74, 6) is -14.9. The Morgan fingerprint density at radius 2 is 0.818 bits per heavy atom. The first-order valence-corrected chi connectivity index (χ1v) is 47.7. The van der Waals surface area contributed by atoms with Crippen LogP contribution in [0.25, 0.3) is 21.8 Å². The van der Waals surface area contributed by atoms with Crippen LogP contribution in [0.5, 0.6) is 5.75 Å². The molecule has 47 heteroatoms. The number of aromatic nitrogens is 2. The van der Waals surface area contributed by atoms with E-state index in [-0.39, 0.29) is 127 Å². The zero-order chi connectivity index (χ0) is 100. The highest BCUT2D eigenvalue weighted by atomic mass is 32.2. The van der Waals surface area contributed by atoms with E-state index in [4.69, 9.17) is 50.0 Å². The number of nitrogens with two attached hydrogens (primary N) is 6. The second kappa shape index (κ2) is 60.0. The van der Waals surface area contributed by atoms with Gasteiger partial charge in [0.2, 0.25) is 94.5 Å². The highest BCUT2D eigenvalue weighted by molar-refractivity contribution is 7.98. The zero-order valence-electron chi connectivity index (χ0n) is 77.2. The van der Waals surface area contributed by atoms with E-state index in [9.17, 15) is 58.2 Å². The van der Waals surface area contributed by atoms with E-state index in [1.165, 1.54) is 49.9 Å². The summed E-state index contributed by atoms with van der Waals surface area (Å²) in [6.45, 7) is 1.71. The number of amides is 16. The average Bonchev–Trinajstić information content (AvgIpc) is 1.69. The fraction of sp³-hybridized carbons (Fsp3) is 0.489. The molecule has 0 aliphatic heterocycles. The fourth-order valence-electron chi connectivity index (χ4n) is 14.5. The molecule has 4 aromatic carbocycles. The van der Waals surface area contributed by atoms with Crippen molar-refractivity contribution in [1.82, 2.24) is 95.0 Å². The standard InChI is InChI=1S/C90H132N26O19S2/c1-51(117)76(116-83(129)65(27-17-38-101-90(97)98)108-82(128)67(34-41-136-3)105-52(2)118)88(134)114-71(45-56-47-103-61-23-11-9-21-59(56)61)86(132)110-66(32-33-73(93)120)81(127)115-72(50-137-4)87(133)112-69(43-54-28-30-57(119)31-29-54)84(130)113-70(44-55-46-102-60-22-10-8-20-58(55)60)85(131)109-64(26-16-37-100-89(95)96)79(125)107-63(25-13-15-36-92)80(126)111-68(42-53-18-6-5-7-19-53)78(124)104-48-74(121)99-39-40-135-49-75(122)106-62(77(94)123)24-12-14-35-91/h5-11,18-23,28-31,46-47,51,62-72,76,102-103,117,119H,12-17,24-27,32-45,48-50,91-92H2,1-4H3,(H2,93,120)(H2,94,123)(H,99,121)(H,104,124)(H,105,118)(H,106,122)(H,107,125)(H,108,128)(H,109,131)(H,110,132)(H,111,126)(H,112,133)(H,113,130)(H,114,134)(H,115,127)(H,116,129)(H4,95,96,100)(H4,97,98,101)/t51-,62-,63+,64+,65+,66+,67+,68+,69+,70+,71+,72+,76+/m1/s1. The molecule has 2 aromatic heterocycles. The molecule has 16 amide bonds. The number of para-hydroxylation sites is 2. The van der Waals surface area contributed by atoms with Gasteiger partial charge in [0.25, 0.3) is 0 Å². The van der Waals surface area contributed by atoms with Crippen LogP contribution in [0, 0.1) is 10.8 Å². The zero-order valence-corrected chi connectivity index (χ0v) is 78.8. The van der Waals surface area contributed by atoms with Gasteiger partial charge < -0.3 is 144 Å². The Morgan fingerprint density at radius 1 is 0.409 bits per heavy atom. The number of aromatic hydroxyl groups is 1. The lowest BCUT2D eigenvalue weighted by atomic mass is 10.0. The van der Waals surface area contributed by atoms with Gasteiger partial charge in [-0.15, -0.1) is 0 Å². The maximum Gasteiger partial charge on any atom is 0.246 e. The average molecular weight is 1950 g/mol. The van der Waals surface area contributed by atoms with Crippen LogP contribution >= 0.6 is 23.5 Å². The van der Waals surface area contributed by atoms with Crippen LogP contribution in [-0.4, -0.2) is 282 Å². The molecule has 13 atom stereocenters. The van der Waals surface area contributed by atoms with Gasteiger partial charge in [-0.1, -0.05) is 78.9 Å². The maximum atomic E-state index is 15.5. The number of hydrogen-bond donors (Lipinski definition) is 28. The number of phenolic OH excluding ortho intramolecular Hbond substituents is 1. The second-order valence-electron chi connectivity index (χ2n) is 32.6. The summed E-state index contributed by atoms with van der Waals surface area (Å²) in [5, 5.41) is 80.5. The molecule has 137 heavy (non-hydrogen) atoms. The SMILES string of the molecule is CSCC[C@H](NC(C)=O)C(=O)N[C@@H](CCCNC(=N)N)C(=O)N[C@H](C(=O)N[C@@H](Cc1c[nH]c2ccccc12)C(=O)N[C@@H](CCC(N)=O)C(=O)N[C@@H](CSC)C(=O)N[C@@H](Cc1ccc(O)cc1)C(=O)N[C@@H](Cc1c[nH]c2ccccc12)C(=O)N[C@@H](CCCNC(=N)N)C(=O)N[C@@H](CCCCN)C(=O)N[C@@H](Cc1ccccc1)C(=O)NCC(=O)NCCOCC(=O)N[C@H](CCCCN)C(N)=O)[C@@H](C)O. The maximum absolute atomic E-state index is 15.5. The molecule has 0 aliphatic carbocycles. The number of aromatic amines is 2. The van der Waals surface area contributed by atoms with Crippen LogP contribution in [0.15, 0.2) is 116 Å². The number of primary amides is 2. The predicted octanol–water partition coefficient (Wildman–Crippen LogP) is -4.26. The van der Waals surface area contributed by atoms with Crippen LogP contribution < -0.4 is 119 Å². The number of hydrogen-bond acceptors (Lipinski definition) is 25. The van der Waals surface area contributed by atoms with E-state index in [0.29, 0.717) is 75.6 Å². The van der Waals surface area contributed by atoms with Gasteiger partial charge in [0.1, 0.15) is 84.9 Å². The molecule has 0 unspecified atom stereocenters. The van der Waals surface area contributed by atoms with Gasteiger partial charge in [0.15, 0.2) is 11.9 Å². The van der Waals surface area contributed by atoms with Gasteiger partial charge in [-0.25, -0.2) is 0 Å². The number of nitrogens with one attached hydrogen (secondary N) is 20. The van der Waals surface area contributed by atoms with Crippen molar-refractivity contribution in [1.29, 1.82) is 10.8 Å². The normalized spacial score (nSPS) is 13.9. The number of ether oxygens (including phenoxy) is 1. The van der Waals surface area contributed by atoms with E-state index < -0.39 is 205 Å². The lowest BCUT2D eigenvalue weighted by molar-refractivity contribution is -0.137. The number of guanidine groups is 2.